The van der Waals surface area contributed by atoms with Crippen molar-refractivity contribution in [3.63, 3.8) is 0 Å². The summed E-state index contributed by atoms with van der Waals surface area (Å²) in [5.41, 5.74) is 2.18. The Morgan fingerprint density at radius 1 is 1.50 bits per heavy atom. The first kappa shape index (κ1) is 12.7. The molecule has 1 N–H and O–H groups in total. The Hall–Kier alpha value is -2.30. The molecule has 5 heteroatoms. The number of aromatic nitrogens is 2. The lowest BCUT2D eigenvalue weighted by Crippen LogP contribution is -2.05. The second-order valence-corrected chi connectivity index (χ2v) is 5.10. The predicted octanol–water partition coefficient (Wildman–Crippen LogP) is 2.80. The van der Waals surface area contributed by atoms with Gasteiger partial charge in [0.25, 0.3) is 0 Å². The van der Waals surface area contributed by atoms with Crippen molar-refractivity contribution in [2.24, 2.45) is 0 Å². The fourth-order valence-corrected chi connectivity index (χ4v) is 2.17. The van der Waals surface area contributed by atoms with Crippen LogP contribution in [0.25, 0.3) is 0 Å². The summed E-state index contributed by atoms with van der Waals surface area (Å²) in [5.74, 6) is -0.341. The SMILES string of the molecule is Cc1ccc(C(=O)O)cc1OCc1cncn1C1CC1. The van der Waals surface area contributed by atoms with Gasteiger partial charge in [-0.15, -0.1) is 0 Å². The number of carbonyl (C=O) groups is 1. The molecule has 0 saturated heterocycles. The molecule has 1 aromatic carbocycles. The van der Waals surface area contributed by atoms with Crippen LogP contribution in [0.4, 0.5) is 0 Å². The van der Waals surface area contributed by atoms with Crippen LogP contribution < -0.4 is 4.74 Å². The van der Waals surface area contributed by atoms with Crippen LogP contribution in [0.2, 0.25) is 0 Å². The molecular formula is C15H16N2O3. The molecule has 0 amide bonds. The molecular weight excluding hydrogens is 256 g/mol. The van der Waals surface area contributed by atoms with Crippen molar-refractivity contribution >= 4 is 5.97 Å². The fourth-order valence-electron chi connectivity index (χ4n) is 2.17. The normalized spacial score (nSPS) is 14.2. The number of aryl methyl sites for hydroxylation is 1. The topological polar surface area (TPSA) is 64.3 Å². The highest BCUT2D eigenvalue weighted by atomic mass is 16.5. The van der Waals surface area contributed by atoms with Gasteiger partial charge >= 0.3 is 5.97 Å². The van der Waals surface area contributed by atoms with E-state index in [1.807, 2.05) is 13.3 Å². The molecule has 1 aliphatic carbocycles. The van der Waals surface area contributed by atoms with Gasteiger partial charge in [0.2, 0.25) is 0 Å². The lowest BCUT2D eigenvalue weighted by Gasteiger charge is -2.11. The second-order valence-electron chi connectivity index (χ2n) is 5.10. The summed E-state index contributed by atoms with van der Waals surface area (Å²) in [4.78, 5) is 15.1. The van der Waals surface area contributed by atoms with E-state index in [-0.39, 0.29) is 5.56 Å². The first-order valence-electron chi connectivity index (χ1n) is 6.62. The van der Waals surface area contributed by atoms with Gasteiger partial charge < -0.3 is 14.4 Å². The molecule has 5 nitrogen and oxygen atoms in total. The number of ether oxygens (including phenoxy) is 1. The van der Waals surface area contributed by atoms with Gasteiger partial charge in [-0.3, -0.25) is 0 Å². The number of carboxylic acid groups (broad SMARTS) is 1. The third kappa shape index (κ3) is 2.52. The molecule has 3 rings (SSSR count). The van der Waals surface area contributed by atoms with Crippen LogP contribution in [0.15, 0.2) is 30.7 Å². The fraction of sp³-hybridized carbons (Fsp3) is 0.333. The van der Waals surface area contributed by atoms with Gasteiger partial charge in [0.1, 0.15) is 12.4 Å². The zero-order chi connectivity index (χ0) is 14.1. The molecule has 2 aromatic rings. The third-order valence-electron chi connectivity index (χ3n) is 3.50. The zero-order valence-electron chi connectivity index (χ0n) is 11.2. The Balaban J connectivity index is 1.75. The van der Waals surface area contributed by atoms with Crippen molar-refractivity contribution < 1.29 is 14.6 Å². The molecule has 0 unspecified atom stereocenters. The Bertz CT molecular complexity index is 644. The zero-order valence-corrected chi connectivity index (χ0v) is 11.2. The van der Waals surface area contributed by atoms with E-state index < -0.39 is 5.97 Å². The molecule has 20 heavy (non-hydrogen) atoms. The lowest BCUT2D eigenvalue weighted by atomic mass is 10.1. The number of nitrogens with zero attached hydrogens (tertiary/aromatic N) is 2. The molecule has 0 atom stereocenters. The molecule has 1 saturated carbocycles. The molecule has 1 heterocycles. The average Bonchev–Trinajstić information content (AvgIpc) is 3.17. The Labute approximate surface area is 116 Å². The molecule has 0 spiro atoms. The van der Waals surface area contributed by atoms with Crippen LogP contribution in [-0.4, -0.2) is 20.6 Å². The number of rotatable bonds is 5. The minimum absolute atomic E-state index is 0.237. The van der Waals surface area contributed by atoms with E-state index in [2.05, 4.69) is 9.55 Å². The summed E-state index contributed by atoms with van der Waals surface area (Å²) in [5, 5.41) is 9.01. The van der Waals surface area contributed by atoms with Gasteiger partial charge in [0.05, 0.1) is 23.8 Å². The summed E-state index contributed by atoms with van der Waals surface area (Å²) in [6.07, 6.45) is 6.01. The Kier molecular flexibility index (Phi) is 3.18. The van der Waals surface area contributed by atoms with Gasteiger partial charge in [-0.2, -0.15) is 0 Å². The molecule has 0 aliphatic heterocycles. The van der Waals surface area contributed by atoms with Crippen molar-refractivity contribution in [3.8, 4) is 5.75 Å². The van der Waals surface area contributed by atoms with Crippen molar-refractivity contribution in [2.75, 3.05) is 0 Å². The smallest absolute Gasteiger partial charge is 0.335 e. The number of imidazole rings is 1. The number of aromatic carboxylic acids is 1. The Morgan fingerprint density at radius 2 is 2.30 bits per heavy atom. The number of benzene rings is 1. The lowest BCUT2D eigenvalue weighted by molar-refractivity contribution is 0.0696. The van der Waals surface area contributed by atoms with Crippen LogP contribution in [0.5, 0.6) is 5.75 Å². The van der Waals surface area contributed by atoms with E-state index in [0.29, 0.717) is 18.4 Å². The van der Waals surface area contributed by atoms with Crippen molar-refractivity contribution in [2.45, 2.75) is 32.4 Å². The largest absolute Gasteiger partial charge is 0.487 e. The van der Waals surface area contributed by atoms with Crippen molar-refractivity contribution in [3.05, 3.63) is 47.5 Å². The van der Waals surface area contributed by atoms with E-state index in [0.717, 1.165) is 11.3 Å². The summed E-state index contributed by atoms with van der Waals surface area (Å²) in [6, 6.07) is 5.47. The maximum Gasteiger partial charge on any atom is 0.335 e. The van der Waals surface area contributed by atoms with Crippen molar-refractivity contribution in [1.29, 1.82) is 0 Å². The molecule has 104 valence electrons. The number of carboxylic acids is 1. The highest BCUT2D eigenvalue weighted by Gasteiger charge is 2.25. The van der Waals surface area contributed by atoms with E-state index >= 15 is 0 Å². The maximum absolute atomic E-state index is 11.0. The second kappa shape index (κ2) is 5.00. The first-order valence-corrected chi connectivity index (χ1v) is 6.62. The van der Waals surface area contributed by atoms with Crippen LogP contribution in [-0.2, 0) is 6.61 Å². The standard InChI is InChI=1S/C15H16N2O3/c1-10-2-3-11(15(18)19)6-14(10)20-8-13-7-16-9-17(13)12-4-5-12/h2-3,6-7,9,12H,4-5,8H2,1H3,(H,18,19). The Morgan fingerprint density at radius 3 is 3.00 bits per heavy atom. The number of hydrogen-bond donors (Lipinski definition) is 1. The van der Waals surface area contributed by atoms with Crippen LogP contribution in [0.3, 0.4) is 0 Å². The summed E-state index contributed by atoms with van der Waals surface area (Å²) < 4.78 is 7.90. The molecule has 0 bridgehead atoms. The highest BCUT2D eigenvalue weighted by molar-refractivity contribution is 5.88. The first-order chi connectivity index (χ1) is 9.65. The van der Waals surface area contributed by atoms with E-state index in [1.54, 1.807) is 24.4 Å². The monoisotopic (exact) mass is 272 g/mol. The van der Waals surface area contributed by atoms with Crippen LogP contribution in [0, 0.1) is 6.92 Å². The van der Waals surface area contributed by atoms with Crippen LogP contribution in [0.1, 0.15) is 40.5 Å². The molecule has 1 fully saturated rings. The minimum atomic E-state index is -0.946. The van der Waals surface area contributed by atoms with Crippen molar-refractivity contribution in [1.82, 2.24) is 9.55 Å². The molecule has 0 radical (unpaired) electrons. The number of hydrogen-bond acceptors (Lipinski definition) is 3. The van der Waals surface area contributed by atoms with Gasteiger partial charge in [-0.1, -0.05) is 6.07 Å². The van der Waals surface area contributed by atoms with Gasteiger partial charge in [-0.05, 0) is 37.5 Å². The molecule has 1 aromatic heterocycles. The summed E-state index contributed by atoms with van der Waals surface area (Å²) in [6.45, 7) is 2.31. The van der Waals surface area contributed by atoms with Gasteiger partial charge in [-0.25, -0.2) is 9.78 Å². The van der Waals surface area contributed by atoms with E-state index in [1.165, 1.54) is 12.8 Å². The minimum Gasteiger partial charge on any atom is -0.487 e. The quantitative estimate of drug-likeness (QED) is 0.909. The average molecular weight is 272 g/mol. The summed E-state index contributed by atoms with van der Waals surface area (Å²) >= 11 is 0. The summed E-state index contributed by atoms with van der Waals surface area (Å²) in [7, 11) is 0. The van der Waals surface area contributed by atoms with E-state index in [9.17, 15) is 4.79 Å². The highest BCUT2D eigenvalue weighted by Crippen LogP contribution is 2.35. The maximum atomic E-state index is 11.0. The molecule has 1 aliphatic rings. The van der Waals surface area contributed by atoms with Gasteiger partial charge in [0.15, 0.2) is 0 Å². The van der Waals surface area contributed by atoms with Crippen LogP contribution >= 0.6 is 0 Å². The van der Waals surface area contributed by atoms with Gasteiger partial charge in [0, 0.05) is 6.04 Å². The third-order valence-corrected chi connectivity index (χ3v) is 3.50. The van der Waals surface area contributed by atoms with E-state index in [4.69, 9.17) is 9.84 Å². The predicted molar refractivity (Wildman–Crippen MR) is 73.0 cm³/mol.